The second-order valence-corrected chi connectivity index (χ2v) is 8.53. The maximum absolute atomic E-state index is 4.83. The number of aliphatic imine (C=N–C) groups is 1. The van der Waals surface area contributed by atoms with E-state index < -0.39 is 0 Å². The number of hydrogen-bond acceptors (Lipinski definition) is 3. The molecule has 0 aromatic rings. The van der Waals surface area contributed by atoms with E-state index in [9.17, 15) is 0 Å². The summed E-state index contributed by atoms with van der Waals surface area (Å²) in [6.45, 7) is 7.32. The van der Waals surface area contributed by atoms with Crippen molar-refractivity contribution in [3.63, 3.8) is 0 Å². The fourth-order valence-corrected chi connectivity index (χ4v) is 4.23. The number of hydrogen-bond donors (Lipinski definition) is 2. The standard InChI is InChI=1S/C16H32N4S/c1-5-17-15(19-12-16(2)9-6-10-21-16)18-11-14(20(3)4)13-7-8-13/h13-14H,5-12H2,1-4H3,(H2,17,18,19). The molecule has 2 N–H and O–H groups in total. The summed E-state index contributed by atoms with van der Waals surface area (Å²) in [6, 6.07) is 0.630. The largest absolute Gasteiger partial charge is 0.357 e. The van der Waals surface area contributed by atoms with Crippen LogP contribution in [-0.4, -0.2) is 61.1 Å². The second kappa shape index (κ2) is 7.73. The topological polar surface area (TPSA) is 39.7 Å². The molecular formula is C16H32N4S. The molecule has 4 nitrogen and oxygen atoms in total. The summed E-state index contributed by atoms with van der Waals surface area (Å²) >= 11 is 2.08. The van der Waals surface area contributed by atoms with Crippen molar-refractivity contribution in [2.75, 3.05) is 39.5 Å². The van der Waals surface area contributed by atoms with E-state index in [-0.39, 0.29) is 0 Å². The molecule has 1 saturated carbocycles. The molecule has 2 rings (SSSR count). The molecule has 122 valence electrons. The number of guanidine groups is 1. The zero-order chi connectivity index (χ0) is 15.3. The van der Waals surface area contributed by atoms with Crippen molar-refractivity contribution in [1.29, 1.82) is 0 Å². The van der Waals surface area contributed by atoms with E-state index >= 15 is 0 Å². The van der Waals surface area contributed by atoms with Crippen molar-refractivity contribution in [2.45, 2.75) is 50.3 Å². The highest BCUT2D eigenvalue weighted by Gasteiger charge is 2.32. The minimum atomic E-state index is 0.347. The molecule has 0 aromatic heterocycles. The quantitative estimate of drug-likeness (QED) is 0.558. The Morgan fingerprint density at radius 2 is 2.14 bits per heavy atom. The Kier molecular flexibility index (Phi) is 6.23. The van der Waals surface area contributed by atoms with Crippen molar-refractivity contribution < 1.29 is 0 Å². The maximum atomic E-state index is 4.83. The van der Waals surface area contributed by atoms with Crippen LogP contribution in [0.1, 0.15) is 39.5 Å². The number of likely N-dealkylation sites (N-methyl/N-ethyl adjacent to an activating group) is 1. The van der Waals surface area contributed by atoms with Crippen LogP contribution >= 0.6 is 11.8 Å². The molecule has 0 radical (unpaired) electrons. The van der Waals surface area contributed by atoms with Gasteiger partial charge >= 0.3 is 0 Å². The molecule has 0 amide bonds. The van der Waals surface area contributed by atoms with Gasteiger partial charge in [0.1, 0.15) is 0 Å². The normalized spacial score (nSPS) is 28.0. The summed E-state index contributed by atoms with van der Waals surface area (Å²) in [5, 5.41) is 6.94. The predicted molar refractivity (Wildman–Crippen MR) is 94.3 cm³/mol. The van der Waals surface area contributed by atoms with E-state index in [1.165, 1.54) is 31.4 Å². The summed E-state index contributed by atoms with van der Waals surface area (Å²) in [4.78, 5) is 7.18. The fraction of sp³-hybridized carbons (Fsp3) is 0.938. The van der Waals surface area contributed by atoms with Crippen LogP contribution in [0.5, 0.6) is 0 Å². The third kappa shape index (κ3) is 5.37. The van der Waals surface area contributed by atoms with Crippen LogP contribution in [0.3, 0.4) is 0 Å². The molecule has 1 heterocycles. The average Bonchev–Trinajstić information content (AvgIpc) is 3.18. The molecule has 2 atom stereocenters. The van der Waals surface area contributed by atoms with E-state index in [1.54, 1.807) is 0 Å². The highest BCUT2D eigenvalue weighted by atomic mass is 32.2. The Morgan fingerprint density at radius 3 is 2.67 bits per heavy atom. The minimum absolute atomic E-state index is 0.347. The average molecular weight is 313 g/mol. The first-order valence-electron chi connectivity index (χ1n) is 8.36. The van der Waals surface area contributed by atoms with E-state index in [2.05, 4.69) is 55.2 Å². The van der Waals surface area contributed by atoms with Crippen LogP contribution in [0.4, 0.5) is 0 Å². The third-order valence-electron chi connectivity index (χ3n) is 4.52. The van der Waals surface area contributed by atoms with Gasteiger partial charge in [0.15, 0.2) is 5.96 Å². The van der Waals surface area contributed by atoms with Gasteiger partial charge in [-0.3, -0.25) is 4.99 Å². The van der Waals surface area contributed by atoms with Crippen LogP contribution in [0.2, 0.25) is 0 Å². The highest BCUT2D eigenvalue weighted by molar-refractivity contribution is 8.00. The maximum Gasteiger partial charge on any atom is 0.191 e. The molecule has 1 saturated heterocycles. The van der Waals surface area contributed by atoms with Crippen LogP contribution in [0.25, 0.3) is 0 Å². The van der Waals surface area contributed by atoms with Gasteiger partial charge in [-0.2, -0.15) is 11.8 Å². The van der Waals surface area contributed by atoms with Gasteiger partial charge < -0.3 is 15.5 Å². The summed E-state index contributed by atoms with van der Waals surface area (Å²) in [7, 11) is 4.37. The van der Waals surface area contributed by atoms with Crippen LogP contribution in [0.15, 0.2) is 4.99 Å². The Bertz CT molecular complexity index is 344. The van der Waals surface area contributed by atoms with Gasteiger partial charge in [0.25, 0.3) is 0 Å². The van der Waals surface area contributed by atoms with Gasteiger partial charge in [-0.25, -0.2) is 0 Å². The van der Waals surface area contributed by atoms with Crippen molar-refractivity contribution >= 4 is 17.7 Å². The Morgan fingerprint density at radius 1 is 1.38 bits per heavy atom. The Balaban J connectivity index is 1.85. The van der Waals surface area contributed by atoms with Crippen LogP contribution < -0.4 is 10.6 Å². The Labute approximate surface area is 134 Å². The number of nitrogens with one attached hydrogen (secondary N) is 2. The minimum Gasteiger partial charge on any atom is -0.357 e. The Hall–Kier alpha value is -0.420. The first-order chi connectivity index (χ1) is 10.0. The highest BCUT2D eigenvalue weighted by Crippen LogP contribution is 2.37. The van der Waals surface area contributed by atoms with Crippen LogP contribution in [-0.2, 0) is 0 Å². The van der Waals surface area contributed by atoms with E-state index in [0.29, 0.717) is 10.8 Å². The van der Waals surface area contributed by atoms with Crippen molar-refractivity contribution in [1.82, 2.24) is 15.5 Å². The van der Waals surface area contributed by atoms with Crippen molar-refractivity contribution in [2.24, 2.45) is 10.9 Å². The fourth-order valence-electron chi connectivity index (χ4n) is 3.00. The molecule has 2 aliphatic rings. The zero-order valence-corrected chi connectivity index (χ0v) is 14.9. The van der Waals surface area contributed by atoms with Gasteiger partial charge in [0.05, 0.1) is 6.54 Å². The van der Waals surface area contributed by atoms with E-state index in [0.717, 1.165) is 31.5 Å². The summed E-state index contributed by atoms with van der Waals surface area (Å²) < 4.78 is 0.347. The number of nitrogens with zero attached hydrogens (tertiary/aromatic N) is 2. The first kappa shape index (κ1) is 16.9. The summed E-state index contributed by atoms with van der Waals surface area (Å²) in [5.74, 6) is 3.15. The predicted octanol–water partition coefficient (Wildman–Crippen LogP) is 2.17. The van der Waals surface area contributed by atoms with E-state index in [1.807, 2.05) is 0 Å². The lowest BCUT2D eigenvalue weighted by Gasteiger charge is -2.26. The molecule has 2 unspecified atom stereocenters. The molecular weight excluding hydrogens is 280 g/mol. The molecule has 5 heteroatoms. The lowest BCUT2D eigenvalue weighted by Crippen LogP contribution is -2.46. The first-order valence-corrected chi connectivity index (χ1v) is 9.35. The van der Waals surface area contributed by atoms with Crippen LogP contribution in [0, 0.1) is 5.92 Å². The van der Waals surface area contributed by atoms with Gasteiger partial charge in [0, 0.05) is 23.9 Å². The molecule has 0 spiro atoms. The lowest BCUT2D eigenvalue weighted by molar-refractivity contribution is 0.264. The van der Waals surface area contributed by atoms with Gasteiger partial charge in [-0.1, -0.05) is 0 Å². The summed E-state index contributed by atoms with van der Waals surface area (Å²) in [6.07, 6.45) is 5.40. The SMILES string of the molecule is CCNC(=NCC1(C)CCCS1)NCC(C1CC1)N(C)C. The van der Waals surface area contributed by atoms with Gasteiger partial charge in [-0.15, -0.1) is 0 Å². The van der Waals surface area contributed by atoms with Crippen molar-refractivity contribution in [3.05, 3.63) is 0 Å². The molecule has 0 bridgehead atoms. The van der Waals surface area contributed by atoms with Gasteiger partial charge in [-0.05, 0) is 65.3 Å². The lowest BCUT2D eigenvalue weighted by atomic mass is 10.1. The molecule has 1 aliphatic heterocycles. The third-order valence-corrected chi connectivity index (χ3v) is 6.05. The van der Waals surface area contributed by atoms with Crippen molar-refractivity contribution in [3.8, 4) is 0 Å². The second-order valence-electron chi connectivity index (χ2n) is 6.85. The monoisotopic (exact) mass is 312 g/mol. The molecule has 2 fully saturated rings. The zero-order valence-electron chi connectivity index (χ0n) is 14.1. The number of rotatable bonds is 7. The smallest absolute Gasteiger partial charge is 0.191 e. The molecule has 21 heavy (non-hydrogen) atoms. The number of thioether (sulfide) groups is 1. The van der Waals surface area contributed by atoms with E-state index in [4.69, 9.17) is 4.99 Å². The van der Waals surface area contributed by atoms with Gasteiger partial charge in [0.2, 0.25) is 0 Å². The molecule has 0 aromatic carbocycles. The molecule has 1 aliphatic carbocycles. The summed E-state index contributed by atoms with van der Waals surface area (Å²) in [5.41, 5.74) is 0.